The lowest BCUT2D eigenvalue weighted by atomic mass is 9.76. The average molecular weight is 623 g/mol. The second kappa shape index (κ2) is 15.7. The molecule has 10 nitrogen and oxygen atoms in total. The number of carbonyl (C=O) groups is 3. The Kier molecular flexibility index (Phi) is 11.5. The number of benzene rings is 2. The van der Waals surface area contributed by atoms with Crippen LogP contribution in [-0.4, -0.2) is 75.5 Å². The summed E-state index contributed by atoms with van der Waals surface area (Å²) < 4.78 is 19.4. The Morgan fingerprint density at radius 2 is 1.56 bits per heavy atom. The van der Waals surface area contributed by atoms with Gasteiger partial charge in [0.15, 0.2) is 0 Å². The van der Waals surface area contributed by atoms with Gasteiger partial charge in [0.2, 0.25) is 11.8 Å². The molecule has 0 radical (unpaired) electrons. The fraction of sp³-hybridized carbons (Fsp3) is 0.545. The minimum atomic E-state index is -1.74. The number of nitrogens with one attached hydrogen (secondary N) is 2. The van der Waals surface area contributed by atoms with Crippen LogP contribution in [0.15, 0.2) is 48.5 Å². The summed E-state index contributed by atoms with van der Waals surface area (Å²) in [7, 11) is -1.74. The Bertz CT molecular complexity index is 1290. The van der Waals surface area contributed by atoms with Crippen LogP contribution in [0.5, 0.6) is 0 Å². The zero-order valence-electron chi connectivity index (χ0n) is 25.7. The SMILES string of the molecule is O=C1N[C@H](B(O)O)CCCCCCCCC[C@H](NCc2ccc(F)cc2)C(=O)N2C[C@H](OC(=O)N3Cc4ccccc4C3)C[C@@H]12. The first kappa shape index (κ1) is 32.9. The first-order valence-corrected chi connectivity index (χ1v) is 16.3. The van der Waals surface area contributed by atoms with Gasteiger partial charge in [-0.2, -0.15) is 0 Å². The lowest BCUT2D eigenvalue weighted by Crippen LogP contribution is -2.56. The third kappa shape index (κ3) is 8.83. The molecule has 0 aliphatic carbocycles. The summed E-state index contributed by atoms with van der Waals surface area (Å²) in [5, 5.41) is 26.2. The average Bonchev–Trinajstić information content (AvgIpc) is 3.66. The second-order valence-corrected chi connectivity index (χ2v) is 12.5. The smallest absolute Gasteiger partial charge is 0.444 e. The van der Waals surface area contributed by atoms with E-state index < -0.39 is 43.2 Å². The molecule has 2 saturated heterocycles. The summed E-state index contributed by atoms with van der Waals surface area (Å²) in [6.45, 7) is 1.25. The predicted octanol–water partition coefficient (Wildman–Crippen LogP) is 3.43. The van der Waals surface area contributed by atoms with Gasteiger partial charge in [0.25, 0.3) is 0 Å². The van der Waals surface area contributed by atoms with Gasteiger partial charge in [-0.15, -0.1) is 0 Å². The minimum absolute atomic E-state index is 0.0462. The zero-order valence-corrected chi connectivity index (χ0v) is 25.7. The maximum absolute atomic E-state index is 14.2. The summed E-state index contributed by atoms with van der Waals surface area (Å²) in [5.41, 5.74) is 2.94. The number of rotatable bonds is 5. The highest BCUT2D eigenvalue weighted by Gasteiger charge is 2.44. The number of amides is 3. The van der Waals surface area contributed by atoms with E-state index in [9.17, 15) is 28.8 Å². The van der Waals surface area contributed by atoms with Crippen LogP contribution in [0.3, 0.4) is 0 Å². The predicted molar refractivity (Wildman–Crippen MR) is 167 cm³/mol. The number of hydrogen-bond donors (Lipinski definition) is 4. The molecule has 12 heteroatoms. The quantitative estimate of drug-likeness (QED) is 0.376. The molecule has 3 aliphatic rings. The van der Waals surface area contributed by atoms with Crippen molar-refractivity contribution in [3.05, 3.63) is 71.0 Å². The molecule has 3 aliphatic heterocycles. The third-order valence-electron chi connectivity index (χ3n) is 9.17. The van der Waals surface area contributed by atoms with Crippen molar-refractivity contribution in [1.29, 1.82) is 0 Å². The van der Waals surface area contributed by atoms with Crippen LogP contribution >= 0.6 is 0 Å². The van der Waals surface area contributed by atoms with Crippen molar-refractivity contribution in [3.63, 3.8) is 0 Å². The zero-order chi connectivity index (χ0) is 31.8. The number of ether oxygens (including phenoxy) is 1. The summed E-state index contributed by atoms with van der Waals surface area (Å²) >= 11 is 0. The van der Waals surface area contributed by atoms with Crippen LogP contribution in [0.25, 0.3) is 0 Å². The summed E-state index contributed by atoms with van der Waals surface area (Å²) in [6, 6.07) is 12.3. The van der Waals surface area contributed by atoms with Crippen LogP contribution in [0.1, 0.15) is 80.9 Å². The first-order chi connectivity index (χ1) is 21.8. The van der Waals surface area contributed by atoms with Gasteiger partial charge in [-0.3, -0.25) is 14.5 Å². The molecule has 0 spiro atoms. The van der Waals surface area contributed by atoms with E-state index in [-0.39, 0.29) is 24.7 Å². The van der Waals surface area contributed by atoms with Crippen LogP contribution in [0.2, 0.25) is 0 Å². The van der Waals surface area contributed by atoms with Crippen molar-refractivity contribution in [3.8, 4) is 0 Å². The maximum atomic E-state index is 14.2. The van der Waals surface area contributed by atoms with Gasteiger partial charge >= 0.3 is 13.2 Å². The van der Waals surface area contributed by atoms with Gasteiger partial charge in [0, 0.05) is 26.1 Å². The van der Waals surface area contributed by atoms with Crippen LogP contribution in [0.4, 0.5) is 9.18 Å². The van der Waals surface area contributed by atoms with E-state index in [1.54, 1.807) is 17.0 Å². The Balaban J connectivity index is 1.33. The number of carbonyl (C=O) groups excluding carboxylic acids is 3. The molecule has 45 heavy (non-hydrogen) atoms. The first-order valence-electron chi connectivity index (χ1n) is 16.3. The number of nitrogens with zero attached hydrogens (tertiary/aromatic N) is 2. The molecule has 4 N–H and O–H groups in total. The van der Waals surface area contributed by atoms with Gasteiger partial charge < -0.3 is 30.3 Å². The van der Waals surface area contributed by atoms with E-state index in [4.69, 9.17) is 4.74 Å². The molecule has 5 rings (SSSR count). The number of fused-ring (bicyclic) bond motifs is 2. The highest BCUT2D eigenvalue weighted by molar-refractivity contribution is 6.43. The topological polar surface area (TPSA) is 131 Å². The van der Waals surface area contributed by atoms with E-state index in [1.165, 1.54) is 17.0 Å². The standard InChI is InChI=1S/C33H44BFN4O6/c35-26-16-14-23(15-17-26)19-36-28-12-6-4-2-1-3-5-7-13-30(34(43)44)37-31(40)29-18-27(22-39(29)32(28)41)45-33(42)38-20-24-10-8-9-11-25(24)21-38/h8-11,14-17,27-30,36,43-44H,1-7,12-13,18-22H2,(H,37,40)/t27-,28+,29+,30+/m1/s1. The second-order valence-electron chi connectivity index (χ2n) is 12.5. The number of halogens is 1. The third-order valence-corrected chi connectivity index (χ3v) is 9.17. The Morgan fingerprint density at radius 1 is 0.933 bits per heavy atom. The Labute approximate surface area is 264 Å². The molecular weight excluding hydrogens is 578 g/mol. The van der Waals surface area contributed by atoms with Crippen LogP contribution in [0, 0.1) is 5.82 Å². The lowest BCUT2D eigenvalue weighted by Gasteiger charge is -2.30. The highest BCUT2D eigenvalue weighted by Crippen LogP contribution is 2.27. The van der Waals surface area contributed by atoms with Gasteiger partial charge in [0.05, 0.1) is 18.5 Å². The maximum Gasteiger partial charge on any atom is 0.475 e. The lowest BCUT2D eigenvalue weighted by molar-refractivity contribution is -0.140. The summed E-state index contributed by atoms with van der Waals surface area (Å²) in [6.07, 6.45) is 6.39. The molecule has 3 amide bonds. The van der Waals surface area contributed by atoms with E-state index >= 15 is 0 Å². The van der Waals surface area contributed by atoms with E-state index in [2.05, 4.69) is 10.6 Å². The van der Waals surface area contributed by atoms with E-state index in [0.717, 1.165) is 61.6 Å². The van der Waals surface area contributed by atoms with Crippen molar-refractivity contribution >= 4 is 25.0 Å². The van der Waals surface area contributed by atoms with E-state index in [0.29, 0.717) is 32.5 Å². The molecule has 0 aromatic heterocycles. The highest BCUT2D eigenvalue weighted by atomic mass is 19.1. The molecule has 0 saturated carbocycles. The fourth-order valence-electron chi connectivity index (χ4n) is 6.58. The minimum Gasteiger partial charge on any atom is -0.444 e. The van der Waals surface area contributed by atoms with E-state index in [1.807, 2.05) is 24.3 Å². The van der Waals surface area contributed by atoms with Crippen molar-refractivity contribution in [2.75, 3.05) is 6.54 Å². The molecule has 0 bridgehead atoms. The van der Waals surface area contributed by atoms with Crippen LogP contribution < -0.4 is 10.6 Å². The normalized spacial score (nSPS) is 25.0. The van der Waals surface area contributed by atoms with Crippen molar-refractivity contribution in [2.24, 2.45) is 0 Å². The summed E-state index contributed by atoms with van der Waals surface area (Å²) in [5.74, 6) is -2.00. The fourth-order valence-corrected chi connectivity index (χ4v) is 6.58. The molecule has 3 heterocycles. The largest absolute Gasteiger partial charge is 0.475 e. The molecule has 4 atom stereocenters. The molecule has 242 valence electrons. The van der Waals surface area contributed by atoms with Gasteiger partial charge in [-0.05, 0) is 41.7 Å². The molecule has 2 aromatic carbocycles. The molecule has 0 unspecified atom stereocenters. The van der Waals surface area contributed by atoms with Gasteiger partial charge in [0.1, 0.15) is 18.0 Å². The Morgan fingerprint density at radius 3 is 2.20 bits per heavy atom. The number of hydrogen-bond acceptors (Lipinski definition) is 7. The molecule has 2 fully saturated rings. The van der Waals surface area contributed by atoms with Gasteiger partial charge in [-0.25, -0.2) is 9.18 Å². The molecule has 2 aromatic rings. The van der Waals surface area contributed by atoms with Crippen molar-refractivity contribution < 1.29 is 33.6 Å². The van der Waals surface area contributed by atoms with Crippen molar-refractivity contribution in [1.82, 2.24) is 20.4 Å². The van der Waals surface area contributed by atoms with Crippen LogP contribution in [-0.2, 0) is 34.0 Å². The summed E-state index contributed by atoms with van der Waals surface area (Å²) in [4.78, 5) is 44.1. The van der Waals surface area contributed by atoms with Gasteiger partial charge in [-0.1, -0.05) is 81.3 Å². The van der Waals surface area contributed by atoms with Crippen molar-refractivity contribution in [2.45, 2.75) is 108 Å². The Hall–Kier alpha value is -3.48. The molecular formula is C33H44BFN4O6. The monoisotopic (exact) mass is 622 g/mol.